The van der Waals surface area contributed by atoms with E-state index in [1.54, 1.807) is 6.92 Å². The highest BCUT2D eigenvalue weighted by molar-refractivity contribution is 5.78. The summed E-state index contributed by atoms with van der Waals surface area (Å²) in [6.45, 7) is 2.99. The lowest BCUT2D eigenvalue weighted by Crippen LogP contribution is -2.38. The fourth-order valence-corrected chi connectivity index (χ4v) is 1.49. The van der Waals surface area contributed by atoms with Gasteiger partial charge in [-0.1, -0.05) is 0 Å². The van der Waals surface area contributed by atoms with Crippen LogP contribution in [0, 0.1) is 0 Å². The molecule has 1 fully saturated rings. The molecule has 1 unspecified atom stereocenters. The minimum atomic E-state index is -0.288. The second-order valence-electron chi connectivity index (χ2n) is 4.61. The van der Waals surface area contributed by atoms with E-state index in [4.69, 9.17) is 5.11 Å². The van der Waals surface area contributed by atoms with Crippen molar-refractivity contribution in [2.45, 2.75) is 38.3 Å². The Morgan fingerprint density at radius 2 is 2.07 bits per heavy atom. The summed E-state index contributed by atoms with van der Waals surface area (Å²) >= 11 is 0. The topological polar surface area (TPSA) is 43.8 Å². The number of aliphatic hydroxyl groups excluding tert-OH is 1. The molecule has 4 heteroatoms. The number of rotatable bonds is 6. The molecule has 0 heterocycles. The lowest BCUT2D eigenvalue weighted by atomic mass is 10.3. The third-order valence-corrected chi connectivity index (χ3v) is 2.82. The van der Waals surface area contributed by atoms with Crippen LogP contribution in [0.4, 0.5) is 0 Å². The minimum Gasteiger partial charge on any atom is -0.393 e. The number of carbonyl (C=O) groups is 1. The quantitative estimate of drug-likeness (QED) is 0.692. The highest BCUT2D eigenvalue weighted by Gasteiger charge is 2.29. The second kappa shape index (κ2) is 5.47. The van der Waals surface area contributed by atoms with E-state index in [1.165, 1.54) is 0 Å². The summed E-state index contributed by atoms with van der Waals surface area (Å²) in [5.41, 5.74) is 0. The van der Waals surface area contributed by atoms with Gasteiger partial charge in [-0.25, -0.2) is 0 Å². The normalized spacial score (nSPS) is 17.9. The van der Waals surface area contributed by atoms with E-state index in [9.17, 15) is 4.79 Å². The Morgan fingerprint density at radius 1 is 1.47 bits per heavy atom. The molecule has 0 aliphatic heterocycles. The smallest absolute Gasteiger partial charge is 0.236 e. The lowest BCUT2D eigenvalue weighted by Gasteiger charge is -2.21. The van der Waals surface area contributed by atoms with E-state index in [2.05, 4.69) is 0 Å². The summed E-state index contributed by atoms with van der Waals surface area (Å²) < 4.78 is 0. The third kappa shape index (κ3) is 4.62. The standard InChI is InChI=1S/C11H22N2O2/c1-9(14)6-7-12(2)8-11(15)13(3)10-4-5-10/h9-10,14H,4-8H2,1-3H3. The largest absolute Gasteiger partial charge is 0.393 e. The summed E-state index contributed by atoms with van der Waals surface area (Å²) in [7, 11) is 3.80. The Labute approximate surface area is 91.9 Å². The van der Waals surface area contributed by atoms with Gasteiger partial charge >= 0.3 is 0 Å². The fraction of sp³-hybridized carbons (Fsp3) is 0.909. The molecule has 15 heavy (non-hydrogen) atoms. The Hall–Kier alpha value is -0.610. The number of carbonyl (C=O) groups excluding carboxylic acids is 1. The van der Waals surface area contributed by atoms with Gasteiger partial charge in [-0.3, -0.25) is 9.69 Å². The van der Waals surface area contributed by atoms with Crippen molar-refractivity contribution in [2.75, 3.05) is 27.2 Å². The van der Waals surface area contributed by atoms with Gasteiger partial charge in [0.05, 0.1) is 12.6 Å². The molecule has 1 saturated carbocycles. The molecular formula is C11H22N2O2. The highest BCUT2D eigenvalue weighted by atomic mass is 16.3. The average Bonchev–Trinajstić information content (AvgIpc) is 2.96. The van der Waals surface area contributed by atoms with Crippen LogP contribution in [0.2, 0.25) is 0 Å². The molecule has 1 aliphatic carbocycles. The zero-order valence-corrected chi connectivity index (χ0v) is 9.94. The zero-order chi connectivity index (χ0) is 11.4. The first-order valence-electron chi connectivity index (χ1n) is 5.63. The molecule has 1 rings (SSSR count). The van der Waals surface area contributed by atoms with Crippen LogP contribution in [0.15, 0.2) is 0 Å². The first kappa shape index (κ1) is 12.5. The molecule has 0 aromatic carbocycles. The van der Waals surface area contributed by atoms with Crippen LogP contribution in [0.3, 0.4) is 0 Å². The Bertz CT molecular complexity index is 215. The van der Waals surface area contributed by atoms with Crippen molar-refractivity contribution in [1.29, 1.82) is 0 Å². The minimum absolute atomic E-state index is 0.186. The van der Waals surface area contributed by atoms with E-state index in [1.807, 2.05) is 23.9 Å². The molecule has 0 bridgehead atoms. The van der Waals surface area contributed by atoms with Gasteiger partial charge in [-0.05, 0) is 33.2 Å². The molecule has 88 valence electrons. The fourth-order valence-electron chi connectivity index (χ4n) is 1.49. The van der Waals surface area contributed by atoms with Crippen LogP contribution in [0.1, 0.15) is 26.2 Å². The molecule has 0 radical (unpaired) electrons. The number of hydrogen-bond acceptors (Lipinski definition) is 3. The number of aliphatic hydroxyl groups is 1. The van der Waals surface area contributed by atoms with Gasteiger partial charge in [0.25, 0.3) is 0 Å². The summed E-state index contributed by atoms with van der Waals surface area (Å²) in [6.07, 6.45) is 2.74. The predicted molar refractivity (Wildman–Crippen MR) is 59.6 cm³/mol. The van der Waals surface area contributed by atoms with Crippen molar-refractivity contribution in [3.63, 3.8) is 0 Å². The Balaban J connectivity index is 2.18. The number of hydrogen-bond donors (Lipinski definition) is 1. The average molecular weight is 214 g/mol. The number of likely N-dealkylation sites (N-methyl/N-ethyl adjacent to an activating group) is 2. The van der Waals surface area contributed by atoms with E-state index < -0.39 is 0 Å². The van der Waals surface area contributed by atoms with Gasteiger partial charge in [0.1, 0.15) is 0 Å². The van der Waals surface area contributed by atoms with Gasteiger partial charge in [0.2, 0.25) is 5.91 Å². The van der Waals surface area contributed by atoms with Crippen LogP contribution in [-0.4, -0.2) is 60.1 Å². The molecule has 4 nitrogen and oxygen atoms in total. The molecule has 1 atom stereocenters. The summed E-state index contributed by atoms with van der Waals surface area (Å²) in [6, 6.07) is 0.489. The molecule has 0 spiro atoms. The summed E-state index contributed by atoms with van der Waals surface area (Å²) in [5, 5.41) is 9.12. The van der Waals surface area contributed by atoms with E-state index in [0.29, 0.717) is 12.6 Å². The molecule has 0 aromatic heterocycles. The van der Waals surface area contributed by atoms with Crippen molar-refractivity contribution in [3.05, 3.63) is 0 Å². The third-order valence-electron chi connectivity index (χ3n) is 2.82. The van der Waals surface area contributed by atoms with Gasteiger partial charge < -0.3 is 10.0 Å². The summed E-state index contributed by atoms with van der Waals surface area (Å²) in [4.78, 5) is 15.5. The zero-order valence-electron chi connectivity index (χ0n) is 9.94. The van der Waals surface area contributed by atoms with Crippen LogP contribution in [-0.2, 0) is 4.79 Å². The maximum Gasteiger partial charge on any atom is 0.236 e. The van der Waals surface area contributed by atoms with Crippen LogP contribution in [0.25, 0.3) is 0 Å². The maximum atomic E-state index is 11.7. The van der Waals surface area contributed by atoms with E-state index in [-0.39, 0.29) is 12.0 Å². The molecule has 1 aliphatic rings. The highest BCUT2D eigenvalue weighted by Crippen LogP contribution is 2.25. The van der Waals surface area contributed by atoms with Crippen LogP contribution in [0.5, 0.6) is 0 Å². The Kier molecular flexibility index (Phi) is 4.54. The molecule has 0 saturated heterocycles. The molecule has 1 amide bonds. The van der Waals surface area contributed by atoms with E-state index in [0.717, 1.165) is 25.8 Å². The predicted octanol–water partition coefficient (Wildman–Crippen LogP) is 0.310. The molecule has 0 aromatic rings. The first-order valence-corrected chi connectivity index (χ1v) is 5.63. The molecule has 1 N–H and O–H groups in total. The van der Waals surface area contributed by atoms with Crippen LogP contribution >= 0.6 is 0 Å². The van der Waals surface area contributed by atoms with Crippen molar-refractivity contribution in [1.82, 2.24) is 9.80 Å². The van der Waals surface area contributed by atoms with Crippen molar-refractivity contribution < 1.29 is 9.90 Å². The maximum absolute atomic E-state index is 11.7. The van der Waals surface area contributed by atoms with E-state index >= 15 is 0 Å². The monoisotopic (exact) mass is 214 g/mol. The first-order chi connectivity index (χ1) is 7.00. The lowest BCUT2D eigenvalue weighted by molar-refractivity contribution is -0.131. The summed E-state index contributed by atoms with van der Waals surface area (Å²) in [5.74, 6) is 0.186. The SMILES string of the molecule is CC(O)CCN(C)CC(=O)N(C)C1CC1. The number of amides is 1. The Morgan fingerprint density at radius 3 is 2.53 bits per heavy atom. The second-order valence-corrected chi connectivity index (χ2v) is 4.61. The number of nitrogens with zero attached hydrogens (tertiary/aromatic N) is 2. The van der Waals surface area contributed by atoms with Gasteiger partial charge in [-0.15, -0.1) is 0 Å². The van der Waals surface area contributed by atoms with Gasteiger partial charge in [-0.2, -0.15) is 0 Å². The van der Waals surface area contributed by atoms with Gasteiger partial charge in [0, 0.05) is 19.6 Å². The van der Waals surface area contributed by atoms with Crippen molar-refractivity contribution >= 4 is 5.91 Å². The van der Waals surface area contributed by atoms with Crippen molar-refractivity contribution in [3.8, 4) is 0 Å². The molecular weight excluding hydrogens is 192 g/mol. The van der Waals surface area contributed by atoms with Crippen molar-refractivity contribution in [2.24, 2.45) is 0 Å². The van der Waals surface area contributed by atoms with Crippen LogP contribution < -0.4 is 0 Å². The van der Waals surface area contributed by atoms with Gasteiger partial charge in [0.15, 0.2) is 0 Å².